The van der Waals surface area contributed by atoms with Crippen LogP contribution in [0.3, 0.4) is 0 Å². The van der Waals surface area contributed by atoms with E-state index in [0.717, 1.165) is 10.7 Å². The van der Waals surface area contributed by atoms with Crippen molar-refractivity contribution in [3.63, 3.8) is 0 Å². The number of aromatic nitrogens is 2. The number of carbonyl (C=O) groups excluding carboxylic acids is 2. The molecule has 0 spiro atoms. The van der Waals surface area contributed by atoms with Crippen LogP contribution < -0.4 is 5.56 Å². The number of phenolic OH excluding ortho intramolecular Hbond substituents is 5. The summed E-state index contributed by atoms with van der Waals surface area (Å²) in [7, 11) is 0. The third-order valence-corrected chi connectivity index (χ3v) is 8.03. The van der Waals surface area contributed by atoms with E-state index in [4.69, 9.17) is 0 Å². The molecule has 0 bridgehead atoms. The van der Waals surface area contributed by atoms with E-state index < -0.39 is 57.0 Å². The summed E-state index contributed by atoms with van der Waals surface area (Å²) in [5, 5.41) is 59.8. The maximum Gasteiger partial charge on any atom is 0.283 e. The topological polar surface area (TPSA) is 170 Å². The van der Waals surface area contributed by atoms with Gasteiger partial charge < -0.3 is 25.5 Å². The van der Waals surface area contributed by atoms with Crippen molar-refractivity contribution in [3.05, 3.63) is 98.0 Å². The Balaban J connectivity index is 1.54. The summed E-state index contributed by atoms with van der Waals surface area (Å²) in [5.41, 5.74) is -1.26. The molecule has 4 aromatic carbocycles. The maximum absolute atomic E-state index is 13.6. The summed E-state index contributed by atoms with van der Waals surface area (Å²) in [6, 6.07) is 11.3. The Kier molecular flexibility index (Phi) is 4.87. The van der Waals surface area contributed by atoms with Gasteiger partial charge in [-0.25, -0.2) is 0 Å². The molecule has 0 radical (unpaired) electrons. The first-order chi connectivity index (χ1) is 19.6. The highest BCUT2D eigenvalue weighted by molar-refractivity contribution is 6.32. The predicted molar refractivity (Wildman–Crippen MR) is 147 cm³/mol. The molecular formula is C31H20N2O8. The zero-order chi connectivity index (χ0) is 28.9. The van der Waals surface area contributed by atoms with Crippen LogP contribution in [0, 0.1) is 6.92 Å². The number of ketones is 2. The van der Waals surface area contributed by atoms with Crippen molar-refractivity contribution in [2.45, 2.75) is 19.8 Å². The lowest BCUT2D eigenvalue weighted by Crippen LogP contribution is -2.24. The molecule has 41 heavy (non-hydrogen) atoms. The second-order valence-electron chi connectivity index (χ2n) is 10.2. The maximum atomic E-state index is 13.6. The molecule has 0 saturated heterocycles. The van der Waals surface area contributed by atoms with Gasteiger partial charge in [0.25, 0.3) is 5.56 Å². The van der Waals surface area contributed by atoms with E-state index in [9.17, 15) is 39.9 Å². The lowest BCUT2D eigenvalue weighted by atomic mass is 9.75. The van der Waals surface area contributed by atoms with Gasteiger partial charge in [0.15, 0.2) is 5.78 Å². The van der Waals surface area contributed by atoms with Crippen LogP contribution in [0.2, 0.25) is 0 Å². The summed E-state index contributed by atoms with van der Waals surface area (Å²) < 4.78 is 1.13. The number of fused-ring (bicyclic) bond motifs is 6. The Labute approximate surface area is 230 Å². The number of aryl methyl sites for hydroxylation is 1. The molecule has 1 heterocycles. The van der Waals surface area contributed by atoms with Gasteiger partial charge in [-0.2, -0.15) is 9.78 Å². The number of hydrogen-bond acceptors (Lipinski definition) is 9. The predicted octanol–water partition coefficient (Wildman–Crippen LogP) is 3.76. The van der Waals surface area contributed by atoms with Crippen LogP contribution in [0.1, 0.15) is 48.5 Å². The van der Waals surface area contributed by atoms with E-state index in [1.807, 2.05) is 0 Å². The fourth-order valence-corrected chi connectivity index (χ4v) is 5.99. The number of phenols is 5. The molecule has 7 rings (SSSR count). The lowest BCUT2D eigenvalue weighted by Gasteiger charge is -2.28. The zero-order valence-electron chi connectivity index (χ0n) is 21.4. The van der Waals surface area contributed by atoms with Crippen molar-refractivity contribution < 1.29 is 35.1 Å². The summed E-state index contributed by atoms with van der Waals surface area (Å²) in [4.78, 5) is 40.7. The molecule has 2 aliphatic rings. The number of hydrogen-bond donors (Lipinski definition) is 5. The third-order valence-electron chi connectivity index (χ3n) is 8.03. The zero-order valence-corrected chi connectivity index (χ0v) is 21.4. The quantitative estimate of drug-likeness (QED) is 0.192. The van der Waals surface area contributed by atoms with Gasteiger partial charge in [0.05, 0.1) is 34.0 Å². The minimum Gasteiger partial charge on any atom is -0.508 e. The van der Waals surface area contributed by atoms with Crippen molar-refractivity contribution >= 4 is 22.3 Å². The summed E-state index contributed by atoms with van der Waals surface area (Å²) in [5.74, 6) is -4.52. The first kappa shape index (κ1) is 24.4. The SMILES string of the molecule is Cc1c(O)cc2c(c1O)C(=O)c1c(O)c3c(c(O)c1C2=O)-c1c(cc2cnn(-c4ccccc4)c(=O)c2c1O)CC3. The fraction of sp³-hybridized carbons (Fsp3) is 0.0968. The minimum absolute atomic E-state index is 0.0172. The molecular weight excluding hydrogens is 528 g/mol. The molecule has 2 aliphatic carbocycles. The van der Waals surface area contributed by atoms with Crippen molar-refractivity contribution in [1.82, 2.24) is 9.78 Å². The van der Waals surface area contributed by atoms with Crippen molar-refractivity contribution in [3.8, 4) is 45.6 Å². The molecule has 0 fully saturated rings. The van der Waals surface area contributed by atoms with Gasteiger partial charge >= 0.3 is 0 Å². The third kappa shape index (κ3) is 3.06. The highest BCUT2D eigenvalue weighted by atomic mass is 16.3. The van der Waals surface area contributed by atoms with E-state index in [0.29, 0.717) is 16.6 Å². The molecule has 10 nitrogen and oxygen atoms in total. The number of nitrogens with zero attached hydrogens (tertiary/aromatic N) is 2. The molecule has 10 heteroatoms. The summed E-state index contributed by atoms with van der Waals surface area (Å²) in [6.45, 7) is 1.37. The van der Waals surface area contributed by atoms with Gasteiger partial charge in [-0.15, -0.1) is 0 Å². The Hall–Kier alpha value is -5.64. The van der Waals surface area contributed by atoms with E-state index in [-0.39, 0.29) is 51.6 Å². The van der Waals surface area contributed by atoms with Crippen LogP contribution in [0.15, 0.2) is 53.5 Å². The van der Waals surface area contributed by atoms with Crippen LogP contribution in [-0.2, 0) is 12.8 Å². The minimum atomic E-state index is -0.904. The van der Waals surface area contributed by atoms with Gasteiger partial charge in [0.1, 0.15) is 28.7 Å². The molecule has 0 aliphatic heterocycles. The Bertz CT molecular complexity index is 2110. The van der Waals surface area contributed by atoms with Crippen LogP contribution in [0.4, 0.5) is 0 Å². The molecule has 0 saturated carbocycles. The highest BCUT2D eigenvalue weighted by Crippen LogP contribution is 2.54. The molecule has 0 atom stereocenters. The second-order valence-corrected chi connectivity index (χ2v) is 10.2. The largest absolute Gasteiger partial charge is 0.508 e. The first-order valence-electron chi connectivity index (χ1n) is 12.7. The summed E-state index contributed by atoms with van der Waals surface area (Å²) >= 11 is 0. The van der Waals surface area contributed by atoms with Crippen LogP contribution in [0.25, 0.3) is 27.6 Å². The monoisotopic (exact) mass is 548 g/mol. The molecule has 5 N–H and O–H groups in total. The molecule has 0 amide bonds. The number of benzene rings is 4. The lowest BCUT2D eigenvalue weighted by molar-refractivity contribution is 0.0971. The molecule has 1 aromatic heterocycles. The van der Waals surface area contributed by atoms with Gasteiger partial charge in [-0.1, -0.05) is 18.2 Å². The normalized spacial score (nSPS) is 13.5. The van der Waals surface area contributed by atoms with Crippen molar-refractivity contribution in [2.24, 2.45) is 0 Å². The number of carbonyl (C=O) groups is 2. The van der Waals surface area contributed by atoms with Gasteiger partial charge in [0, 0.05) is 33.2 Å². The van der Waals surface area contributed by atoms with Crippen LogP contribution in [0.5, 0.6) is 28.7 Å². The van der Waals surface area contributed by atoms with Crippen LogP contribution >= 0.6 is 0 Å². The smallest absolute Gasteiger partial charge is 0.283 e. The van der Waals surface area contributed by atoms with Gasteiger partial charge in [-0.3, -0.25) is 14.4 Å². The molecule has 202 valence electrons. The van der Waals surface area contributed by atoms with E-state index in [1.165, 1.54) is 13.1 Å². The Morgan fingerprint density at radius 2 is 1.44 bits per heavy atom. The summed E-state index contributed by atoms with van der Waals surface area (Å²) in [6.07, 6.45) is 1.86. The first-order valence-corrected chi connectivity index (χ1v) is 12.7. The van der Waals surface area contributed by atoms with Gasteiger partial charge in [0.2, 0.25) is 5.78 Å². The highest BCUT2D eigenvalue weighted by Gasteiger charge is 2.42. The van der Waals surface area contributed by atoms with E-state index in [2.05, 4.69) is 5.10 Å². The van der Waals surface area contributed by atoms with Crippen LogP contribution in [-0.4, -0.2) is 46.9 Å². The second kappa shape index (κ2) is 8.18. The van der Waals surface area contributed by atoms with E-state index in [1.54, 1.807) is 36.4 Å². The standard InChI is InChI=1S/C31H20N2O8/c1-12-18(34)10-17-22(25(12)35)30(40)23-24(27(17)37)29(39)21-16(26(23)36)8-7-13-9-14-11-32-33(15-5-3-2-4-6-15)31(41)20(14)28(38)19(13)21/h2-6,9-11,34-36,38-39H,7-8H2,1H3. The van der Waals surface area contributed by atoms with Crippen molar-refractivity contribution in [2.75, 3.05) is 0 Å². The average molecular weight is 549 g/mol. The number of para-hydroxylation sites is 1. The number of aromatic hydroxyl groups is 5. The average Bonchev–Trinajstić information content (AvgIpc) is 2.96. The van der Waals surface area contributed by atoms with Gasteiger partial charge in [-0.05, 0) is 49.6 Å². The van der Waals surface area contributed by atoms with E-state index >= 15 is 0 Å². The Morgan fingerprint density at radius 1 is 0.732 bits per heavy atom. The molecule has 0 unspecified atom stereocenters. The number of rotatable bonds is 1. The Morgan fingerprint density at radius 3 is 2.17 bits per heavy atom. The van der Waals surface area contributed by atoms with Crippen molar-refractivity contribution in [1.29, 1.82) is 0 Å². The molecule has 5 aromatic rings. The fourth-order valence-electron chi connectivity index (χ4n) is 5.99.